The van der Waals surface area contributed by atoms with E-state index in [1.54, 1.807) is 0 Å². The number of amides is 1. The highest BCUT2D eigenvalue weighted by Crippen LogP contribution is 2.29. The molecular formula is C20H27N5O3S2. The monoisotopic (exact) mass is 449 g/mol. The summed E-state index contributed by atoms with van der Waals surface area (Å²) in [6, 6.07) is 6.15. The first kappa shape index (κ1) is 22.4. The Morgan fingerprint density at radius 2 is 2.13 bits per heavy atom. The van der Waals surface area contributed by atoms with Crippen molar-refractivity contribution < 1.29 is 14.7 Å². The lowest BCUT2D eigenvalue weighted by molar-refractivity contribution is -0.122. The zero-order chi connectivity index (χ0) is 21.5. The van der Waals surface area contributed by atoms with E-state index in [1.807, 2.05) is 18.2 Å². The molecule has 8 nitrogen and oxygen atoms in total. The summed E-state index contributed by atoms with van der Waals surface area (Å²) in [5, 5.41) is 18.0. The van der Waals surface area contributed by atoms with Crippen molar-refractivity contribution in [2.45, 2.75) is 32.2 Å². The first-order valence-electron chi connectivity index (χ1n) is 10.1. The maximum atomic E-state index is 12.8. The molecule has 162 valence electrons. The number of nitrogens with zero attached hydrogens (tertiary/aromatic N) is 2. The van der Waals surface area contributed by atoms with E-state index in [4.69, 9.17) is 22.1 Å². The molecular weight excluding hydrogens is 422 g/mol. The SMILES string of the molecule is CCCNC(=S)Nc1ccc2c(C(=O)N[C@@H]3CN4CCC3CC4)nsc2c1.O=CO. The number of thiocarbonyl (C=S) groups is 1. The van der Waals surface area contributed by atoms with Crippen molar-refractivity contribution in [1.82, 2.24) is 19.9 Å². The molecule has 0 saturated carbocycles. The number of rotatable bonds is 5. The molecule has 0 radical (unpaired) electrons. The van der Waals surface area contributed by atoms with Crippen LogP contribution in [0.25, 0.3) is 10.1 Å². The van der Waals surface area contributed by atoms with Gasteiger partial charge in [-0.2, -0.15) is 4.37 Å². The number of benzene rings is 1. The molecule has 0 spiro atoms. The Labute approximate surface area is 185 Å². The molecule has 30 heavy (non-hydrogen) atoms. The summed E-state index contributed by atoms with van der Waals surface area (Å²) in [5.41, 5.74) is 1.44. The summed E-state index contributed by atoms with van der Waals surface area (Å²) >= 11 is 6.64. The van der Waals surface area contributed by atoms with E-state index in [0.29, 0.717) is 16.7 Å². The molecule has 5 rings (SSSR count). The van der Waals surface area contributed by atoms with E-state index < -0.39 is 0 Å². The maximum Gasteiger partial charge on any atom is 0.290 e. The molecule has 2 bridgehead atoms. The summed E-state index contributed by atoms with van der Waals surface area (Å²) < 4.78 is 5.42. The number of nitrogens with one attached hydrogen (secondary N) is 3. The lowest BCUT2D eigenvalue weighted by Crippen LogP contribution is -2.57. The summed E-state index contributed by atoms with van der Waals surface area (Å²) in [7, 11) is 0. The molecule has 1 amide bonds. The molecule has 1 aromatic heterocycles. The number of carbonyl (C=O) groups excluding carboxylic acids is 1. The second-order valence-electron chi connectivity index (χ2n) is 7.45. The largest absolute Gasteiger partial charge is 0.483 e. The molecule has 2 aromatic rings. The molecule has 3 aliphatic heterocycles. The van der Waals surface area contributed by atoms with Crippen LogP contribution in [0.15, 0.2) is 18.2 Å². The molecule has 4 heterocycles. The fraction of sp³-hybridized carbons (Fsp3) is 0.500. The van der Waals surface area contributed by atoms with Crippen molar-refractivity contribution in [3.05, 3.63) is 23.9 Å². The molecule has 3 aliphatic rings. The zero-order valence-corrected chi connectivity index (χ0v) is 18.5. The Balaban J connectivity index is 0.000000806. The Morgan fingerprint density at radius 3 is 2.77 bits per heavy atom. The van der Waals surface area contributed by atoms with Crippen LogP contribution in [-0.4, -0.2) is 64.1 Å². The third-order valence-corrected chi connectivity index (χ3v) is 6.51. The number of hydrogen-bond acceptors (Lipinski definition) is 6. The van der Waals surface area contributed by atoms with Gasteiger partial charge in [0.1, 0.15) is 5.69 Å². The molecule has 10 heteroatoms. The van der Waals surface area contributed by atoms with E-state index in [9.17, 15) is 4.79 Å². The predicted molar refractivity (Wildman–Crippen MR) is 123 cm³/mol. The smallest absolute Gasteiger partial charge is 0.290 e. The molecule has 0 aliphatic carbocycles. The quantitative estimate of drug-likeness (QED) is 0.408. The summed E-state index contributed by atoms with van der Waals surface area (Å²) in [6.07, 6.45) is 3.39. The summed E-state index contributed by atoms with van der Waals surface area (Å²) in [6.45, 7) is 6.00. The van der Waals surface area contributed by atoms with Crippen LogP contribution in [0.5, 0.6) is 0 Å². The van der Waals surface area contributed by atoms with Gasteiger partial charge >= 0.3 is 0 Å². The van der Waals surface area contributed by atoms with Gasteiger partial charge in [0.25, 0.3) is 12.4 Å². The predicted octanol–water partition coefficient (Wildman–Crippen LogP) is 2.52. The average Bonchev–Trinajstić information content (AvgIpc) is 3.17. The van der Waals surface area contributed by atoms with Gasteiger partial charge in [-0.25, -0.2) is 0 Å². The van der Waals surface area contributed by atoms with Crippen molar-refractivity contribution in [2.24, 2.45) is 5.92 Å². The minimum atomic E-state index is -0.250. The van der Waals surface area contributed by atoms with Gasteiger partial charge in [-0.15, -0.1) is 0 Å². The second-order valence-corrected chi connectivity index (χ2v) is 8.66. The van der Waals surface area contributed by atoms with E-state index in [0.717, 1.165) is 35.3 Å². The van der Waals surface area contributed by atoms with Crippen LogP contribution in [0, 0.1) is 5.92 Å². The number of fused-ring (bicyclic) bond motifs is 4. The number of aromatic nitrogens is 1. The van der Waals surface area contributed by atoms with Crippen molar-refractivity contribution >= 4 is 57.0 Å². The highest BCUT2D eigenvalue weighted by atomic mass is 32.1. The fourth-order valence-corrected chi connectivity index (χ4v) is 4.99. The van der Waals surface area contributed by atoms with Gasteiger partial charge in [0, 0.05) is 30.2 Å². The molecule has 0 unspecified atom stereocenters. The number of carbonyl (C=O) groups is 2. The Kier molecular flexibility index (Phi) is 7.94. The van der Waals surface area contributed by atoms with Crippen molar-refractivity contribution in [2.75, 3.05) is 31.5 Å². The standard InChI is InChI=1S/C19H25N5OS2.CH2O2/c1-2-7-20-19(26)21-13-3-4-14-16(10-13)27-23-17(14)18(25)22-15-11-24-8-5-12(15)6-9-24;2-1-3/h3-4,10,12,15H,2,5-9,11H2,1H3,(H,22,25)(H2,20,21,26);1H,(H,2,3)/t15-;/m1./s1. The van der Waals surface area contributed by atoms with Gasteiger partial charge in [0.2, 0.25) is 0 Å². The zero-order valence-electron chi connectivity index (χ0n) is 16.9. The maximum absolute atomic E-state index is 12.8. The average molecular weight is 450 g/mol. The lowest BCUT2D eigenvalue weighted by Gasteiger charge is -2.44. The Bertz CT molecular complexity index is 896. The van der Waals surface area contributed by atoms with E-state index in [1.165, 1.54) is 37.5 Å². The van der Waals surface area contributed by atoms with Gasteiger partial charge in [-0.05, 0) is 80.2 Å². The summed E-state index contributed by atoms with van der Waals surface area (Å²) in [4.78, 5) is 23.6. The third kappa shape index (κ3) is 5.44. The van der Waals surface area contributed by atoms with Crippen LogP contribution in [-0.2, 0) is 4.79 Å². The first-order valence-corrected chi connectivity index (χ1v) is 11.3. The van der Waals surface area contributed by atoms with Crippen LogP contribution in [0.3, 0.4) is 0 Å². The number of anilines is 1. The first-order chi connectivity index (χ1) is 14.5. The molecule has 1 atom stereocenters. The number of carboxylic acid groups (broad SMARTS) is 1. The third-order valence-electron chi connectivity index (χ3n) is 5.45. The lowest BCUT2D eigenvalue weighted by atomic mass is 9.84. The van der Waals surface area contributed by atoms with Gasteiger partial charge in [0.15, 0.2) is 5.11 Å². The van der Waals surface area contributed by atoms with Crippen LogP contribution >= 0.6 is 23.8 Å². The van der Waals surface area contributed by atoms with Crippen LogP contribution < -0.4 is 16.0 Å². The highest BCUT2D eigenvalue weighted by Gasteiger charge is 2.35. The normalized spacial score (nSPS) is 22.0. The van der Waals surface area contributed by atoms with E-state index >= 15 is 0 Å². The minimum Gasteiger partial charge on any atom is -0.483 e. The van der Waals surface area contributed by atoms with Crippen molar-refractivity contribution in [3.8, 4) is 0 Å². The van der Waals surface area contributed by atoms with Gasteiger partial charge in [-0.3, -0.25) is 9.59 Å². The van der Waals surface area contributed by atoms with E-state index in [-0.39, 0.29) is 18.4 Å². The number of hydrogen-bond donors (Lipinski definition) is 4. The fourth-order valence-electron chi connectivity index (χ4n) is 3.96. The Hall–Kier alpha value is -2.30. The van der Waals surface area contributed by atoms with Gasteiger partial charge < -0.3 is 26.0 Å². The summed E-state index contributed by atoms with van der Waals surface area (Å²) in [5.74, 6) is 0.553. The van der Waals surface area contributed by atoms with Gasteiger partial charge in [0.05, 0.1) is 4.70 Å². The van der Waals surface area contributed by atoms with Crippen molar-refractivity contribution in [3.63, 3.8) is 0 Å². The minimum absolute atomic E-state index is 0.0548. The van der Waals surface area contributed by atoms with Crippen molar-refractivity contribution in [1.29, 1.82) is 0 Å². The van der Waals surface area contributed by atoms with Crippen LogP contribution in [0.4, 0.5) is 5.69 Å². The van der Waals surface area contributed by atoms with Crippen LogP contribution in [0.2, 0.25) is 0 Å². The van der Waals surface area contributed by atoms with Gasteiger partial charge in [-0.1, -0.05) is 6.92 Å². The van der Waals surface area contributed by atoms with Crippen LogP contribution in [0.1, 0.15) is 36.7 Å². The Morgan fingerprint density at radius 1 is 1.40 bits per heavy atom. The van der Waals surface area contributed by atoms with E-state index in [2.05, 4.69) is 32.1 Å². The highest BCUT2D eigenvalue weighted by molar-refractivity contribution is 7.80. The second kappa shape index (κ2) is 10.6. The topological polar surface area (TPSA) is 107 Å². The number of piperidine rings is 3. The molecule has 4 N–H and O–H groups in total. The molecule has 3 saturated heterocycles. The molecule has 3 fully saturated rings. The molecule has 1 aromatic carbocycles.